The number of carbonyl (C=O) groups is 2. The summed E-state index contributed by atoms with van der Waals surface area (Å²) in [5.74, 6) is 0.587. The zero-order valence-corrected chi connectivity index (χ0v) is 11.0. The zero-order valence-electron chi connectivity index (χ0n) is 10.2. The normalized spacial score (nSPS) is 25.6. The van der Waals surface area contributed by atoms with Gasteiger partial charge in [-0.2, -0.15) is 0 Å². The summed E-state index contributed by atoms with van der Waals surface area (Å²) in [6.07, 6.45) is 3.09. The molecule has 5 heteroatoms. The molecule has 0 aromatic carbocycles. The predicted octanol–water partition coefficient (Wildman–Crippen LogP) is 2.23. The molecule has 2 amide bonds. The summed E-state index contributed by atoms with van der Waals surface area (Å²) in [5, 5.41) is 8.34. The number of carbonyl (C=O) groups excluding carboxylic acids is 2. The van der Waals surface area contributed by atoms with Crippen molar-refractivity contribution in [2.75, 3.05) is 5.32 Å². The van der Waals surface area contributed by atoms with Crippen LogP contribution in [0.5, 0.6) is 0 Å². The molecule has 2 N–H and O–H groups in total. The molecule has 1 aromatic rings. The highest BCUT2D eigenvalue weighted by atomic mass is 32.1. The predicted molar refractivity (Wildman–Crippen MR) is 70.7 cm³/mol. The van der Waals surface area contributed by atoms with Crippen molar-refractivity contribution in [3.05, 3.63) is 17.0 Å². The maximum atomic E-state index is 12.0. The largest absolute Gasteiger partial charge is 0.349 e. The Morgan fingerprint density at radius 2 is 2.11 bits per heavy atom. The Hall–Kier alpha value is -1.36. The second-order valence-corrected chi connectivity index (χ2v) is 6.14. The van der Waals surface area contributed by atoms with Gasteiger partial charge in [-0.25, -0.2) is 0 Å². The third-order valence-electron chi connectivity index (χ3n) is 3.51. The van der Waals surface area contributed by atoms with Crippen molar-refractivity contribution in [1.82, 2.24) is 5.32 Å². The van der Waals surface area contributed by atoms with Gasteiger partial charge in [0.2, 0.25) is 5.91 Å². The van der Waals surface area contributed by atoms with E-state index in [0.717, 1.165) is 19.3 Å². The van der Waals surface area contributed by atoms with Crippen LogP contribution in [0.25, 0.3) is 0 Å². The topological polar surface area (TPSA) is 58.2 Å². The van der Waals surface area contributed by atoms with Gasteiger partial charge in [-0.3, -0.25) is 9.59 Å². The van der Waals surface area contributed by atoms with Crippen molar-refractivity contribution in [2.45, 2.75) is 32.2 Å². The van der Waals surface area contributed by atoms with E-state index in [1.807, 2.05) is 5.38 Å². The maximum absolute atomic E-state index is 12.0. The number of hydrogen-bond acceptors (Lipinski definition) is 3. The monoisotopic (exact) mass is 264 g/mol. The van der Waals surface area contributed by atoms with Gasteiger partial charge >= 0.3 is 0 Å². The van der Waals surface area contributed by atoms with Crippen molar-refractivity contribution < 1.29 is 9.59 Å². The smallest absolute Gasteiger partial charge is 0.254 e. The van der Waals surface area contributed by atoms with E-state index in [0.29, 0.717) is 22.5 Å². The van der Waals surface area contributed by atoms with Crippen LogP contribution in [-0.4, -0.2) is 17.9 Å². The molecule has 18 heavy (non-hydrogen) atoms. The van der Waals surface area contributed by atoms with E-state index in [4.69, 9.17) is 0 Å². The van der Waals surface area contributed by atoms with Crippen molar-refractivity contribution in [3.63, 3.8) is 0 Å². The van der Waals surface area contributed by atoms with Gasteiger partial charge in [0.15, 0.2) is 0 Å². The van der Waals surface area contributed by atoms with E-state index in [1.165, 1.54) is 11.3 Å². The number of nitrogens with one attached hydrogen (secondary N) is 2. The number of thiophene rings is 1. The maximum Gasteiger partial charge on any atom is 0.254 e. The molecular formula is C13H16N2O2S. The first-order valence-corrected chi connectivity index (χ1v) is 7.22. The molecule has 2 saturated carbocycles. The fourth-order valence-electron chi connectivity index (χ4n) is 1.97. The lowest BCUT2D eigenvalue weighted by atomic mass is 10.2. The molecule has 2 aliphatic carbocycles. The van der Waals surface area contributed by atoms with Crippen molar-refractivity contribution in [2.24, 2.45) is 11.8 Å². The minimum absolute atomic E-state index is 0.0467. The first-order valence-electron chi connectivity index (χ1n) is 6.34. The van der Waals surface area contributed by atoms with Crippen LogP contribution in [0, 0.1) is 11.8 Å². The highest BCUT2D eigenvalue weighted by molar-refractivity contribution is 7.14. The van der Waals surface area contributed by atoms with Crippen LogP contribution in [0.15, 0.2) is 11.4 Å². The standard InChI is InChI=1S/C13H16N2O2S/c1-7-6-10(7)12(17)15-13-9(4-5-18-13)11(16)14-8-2-3-8/h4-5,7-8,10H,2-3,6H2,1H3,(H,14,16)(H,15,17)/t7-,10-/m1/s1. The average molecular weight is 264 g/mol. The van der Waals surface area contributed by atoms with Crippen LogP contribution in [-0.2, 0) is 4.79 Å². The van der Waals surface area contributed by atoms with E-state index in [-0.39, 0.29) is 17.7 Å². The molecule has 3 rings (SSSR count). The summed E-state index contributed by atoms with van der Waals surface area (Å²) in [6.45, 7) is 2.07. The minimum atomic E-state index is -0.0714. The van der Waals surface area contributed by atoms with Gasteiger partial charge in [0.05, 0.1) is 5.56 Å². The van der Waals surface area contributed by atoms with Crippen molar-refractivity contribution >= 4 is 28.2 Å². The second kappa shape index (κ2) is 4.39. The van der Waals surface area contributed by atoms with Crippen LogP contribution in [0.1, 0.15) is 36.5 Å². The Kier molecular flexibility index (Phi) is 2.86. The Morgan fingerprint density at radius 3 is 2.72 bits per heavy atom. The van der Waals surface area contributed by atoms with Crippen molar-refractivity contribution in [3.8, 4) is 0 Å². The molecule has 2 fully saturated rings. The molecule has 0 radical (unpaired) electrons. The molecule has 0 unspecified atom stereocenters. The van der Waals surface area contributed by atoms with Gasteiger partial charge in [0.1, 0.15) is 5.00 Å². The Bertz CT molecular complexity index is 493. The van der Waals surface area contributed by atoms with Crippen LogP contribution >= 0.6 is 11.3 Å². The van der Waals surface area contributed by atoms with Crippen LogP contribution < -0.4 is 10.6 Å². The first-order chi connectivity index (χ1) is 8.65. The highest BCUT2D eigenvalue weighted by Crippen LogP contribution is 2.39. The van der Waals surface area contributed by atoms with Gasteiger partial charge in [-0.05, 0) is 36.6 Å². The molecule has 4 nitrogen and oxygen atoms in total. The third kappa shape index (κ3) is 2.41. The van der Waals surface area contributed by atoms with Gasteiger partial charge in [0, 0.05) is 12.0 Å². The Morgan fingerprint density at radius 1 is 1.39 bits per heavy atom. The fraction of sp³-hybridized carbons (Fsp3) is 0.538. The summed E-state index contributed by atoms with van der Waals surface area (Å²) < 4.78 is 0. The molecule has 0 aliphatic heterocycles. The van der Waals surface area contributed by atoms with E-state index in [1.54, 1.807) is 6.07 Å². The highest BCUT2D eigenvalue weighted by Gasteiger charge is 2.39. The van der Waals surface area contributed by atoms with Gasteiger partial charge in [-0.15, -0.1) is 11.3 Å². The number of amides is 2. The lowest BCUT2D eigenvalue weighted by molar-refractivity contribution is -0.117. The molecule has 0 spiro atoms. The summed E-state index contributed by atoms with van der Waals surface area (Å²) in [7, 11) is 0. The summed E-state index contributed by atoms with van der Waals surface area (Å²) >= 11 is 1.41. The molecule has 2 atom stereocenters. The molecule has 2 aliphatic rings. The molecule has 0 bridgehead atoms. The zero-order chi connectivity index (χ0) is 12.7. The van der Waals surface area contributed by atoms with E-state index < -0.39 is 0 Å². The average Bonchev–Trinajstić information content (AvgIpc) is 3.22. The molecule has 96 valence electrons. The Labute approximate surface area is 110 Å². The summed E-state index contributed by atoms with van der Waals surface area (Å²) in [4.78, 5) is 23.8. The number of hydrogen-bond donors (Lipinski definition) is 2. The lowest BCUT2D eigenvalue weighted by Crippen LogP contribution is -2.26. The van der Waals surface area contributed by atoms with Gasteiger partial charge in [0.25, 0.3) is 5.91 Å². The van der Waals surface area contributed by atoms with Crippen LogP contribution in [0.4, 0.5) is 5.00 Å². The van der Waals surface area contributed by atoms with Gasteiger partial charge < -0.3 is 10.6 Å². The summed E-state index contributed by atoms with van der Waals surface area (Å²) in [6, 6.07) is 2.11. The quantitative estimate of drug-likeness (QED) is 0.876. The van der Waals surface area contributed by atoms with E-state index in [2.05, 4.69) is 17.6 Å². The van der Waals surface area contributed by atoms with Crippen LogP contribution in [0.3, 0.4) is 0 Å². The van der Waals surface area contributed by atoms with E-state index >= 15 is 0 Å². The third-order valence-corrected chi connectivity index (χ3v) is 4.34. The number of anilines is 1. The number of rotatable bonds is 4. The molecule has 1 aromatic heterocycles. The van der Waals surface area contributed by atoms with Crippen LogP contribution in [0.2, 0.25) is 0 Å². The van der Waals surface area contributed by atoms with E-state index in [9.17, 15) is 9.59 Å². The van der Waals surface area contributed by atoms with Crippen molar-refractivity contribution in [1.29, 1.82) is 0 Å². The molecule has 1 heterocycles. The minimum Gasteiger partial charge on any atom is -0.349 e. The fourth-order valence-corrected chi connectivity index (χ4v) is 2.76. The van der Waals surface area contributed by atoms with Gasteiger partial charge in [-0.1, -0.05) is 6.92 Å². The Balaban J connectivity index is 1.66. The molecular weight excluding hydrogens is 248 g/mol. The second-order valence-electron chi connectivity index (χ2n) is 5.22. The first kappa shape index (κ1) is 11.7. The SMILES string of the molecule is C[C@@H]1C[C@H]1C(=O)Nc1sccc1C(=O)NC1CC1. The lowest BCUT2D eigenvalue weighted by Gasteiger charge is -2.06. The summed E-state index contributed by atoms with van der Waals surface area (Å²) in [5.41, 5.74) is 0.591. The molecule has 0 saturated heterocycles.